The molecule has 8 heteroatoms. The topological polar surface area (TPSA) is 127 Å². The molecule has 1 atom stereocenters. The van der Waals surface area contributed by atoms with E-state index in [1.165, 1.54) is 19.9 Å². The van der Waals surface area contributed by atoms with Gasteiger partial charge in [-0.15, -0.1) is 0 Å². The fourth-order valence-electron chi connectivity index (χ4n) is 1.26. The molecular weight excluding hydrogens is 320 g/mol. The molecule has 0 rings (SSSR count). The van der Waals surface area contributed by atoms with Crippen LogP contribution in [0.15, 0.2) is 24.8 Å². The van der Waals surface area contributed by atoms with Gasteiger partial charge in [0, 0.05) is 26.7 Å². The van der Waals surface area contributed by atoms with Crippen LogP contribution in [-0.2, 0) is 28.7 Å². The number of carbonyl (C=O) groups excluding carboxylic acids is 2. The standard InChI is InChI=1S/2C8H12O4/c1-7(9)12-6-4-2-3-5-8(10)11;1-3-7(12-6(2)9)4-5-8(10)11/h2,4H,3,5-6H2,1H3,(H,10,11);3,7H,1,4-5H2,2H3,(H,10,11)/b4-2+;. The molecule has 136 valence electrons. The summed E-state index contributed by atoms with van der Waals surface area (Å²) in [5.41, 5.74) is 0. The molecule has 2 N–H and O–H groups in total. The van der Waals surface area contributed by atoms with Gasteiger partial charge < -0.3 is 19.7 Å². The van der Waals surface area contributed by atoms with E-state index in [0.29, 0.717) is 6.42 Å². The van der Waals surface area contributed by atoms with Gasteiger partial charge in [0.05, 0.1) is 0 Å². The molecular formula is C16H24O8. The van der Waals surface area contributed by atoms with Gasteiger partial charge in [-0.05, 0) is 12.8 Å². The number of allylic oxidation sites excluding steroid dienone is 1. The summed E-state index contributed by atoms with van der Waals surface area (Å²) in [4.78, 5) is 40.8. The van der Waals surface area contributed by atoms with Crippen LogP contribution in [0.2, 0.25) is 0 Å². The second-order valence-electron chi connectivity index (χ2n) is 4.52. The van der Waals surface area contributed by atoms with Crippen LogP contribution in [0.4, 0.5) is 0 Å². The molecule has 0 radical (unpaired) electrons. The van der Waals surface area contributed by atoms with Gasteiger partial charge in [-0.1, -0.05) is 24.8 Å². The summed E-state index contributed by atoms with van der Waals surface area (Å²) >= 11 is 0. The molecule has 0 amide bonds. The second kappa shape index (κ2) is 15.3. The Bertz CT molecular complexity index is 433. The van der Waals surface area contributed by atoms with E-state index in [4.69, 9.17) is 14.9 Å². The minimum atomic E-state index is -0.908. The minimum absolute atomic E-state index is 0.0238. The highest BCUT2D eigenvalue weighted by molar-refractivity contribution is 5.68. The molecule has 0 aromatic carbocycles. The van der Waals surface area contributed by atoms with Crippen molar-refractivity contribution in [1.82, 2.24) is 0 Å². The van der Waals surface area contributed by atoms with Gasteiger partial charge in [0.1, 0.15) is 12.7 Å². The number of hydrogen-bond acceptors (Lipinski definition) is 6. The molecule has 8 nitrogen and oxygen atoms in total. The molecule has 0 fully saturated rings. The lowest BCUT2D eigenvalue weighted by atomic mass is 10.2. The van der Waals surface area contributed by atoms with Gasteiger partial charge >= 0.3 is 23.9 Å². The van der Waals surface area contributed by atoms with Crippen LogP contribution in [-0.4, -0.2) is 46.8 Å². The van der Waals surface area contributed by atoms with Gasteiger partial charge in [-0.2, -0.15) is 0 Å². The normalized spacial score (nSPS) is 10.9. The Morgan fingerprint density at radius 3 is 2.00 bits per heavy atom. The van der Waals surface area contributed by atoms with Crippen molar-refractivity contribution in [3.8, 4) is 0 Å². The van der Waals surface area contributed by atoms with Crippen molar-refractivity contribution in [3.05, 3.63) is 24.8 Å². The highest BCUT2D eigenvalue weighted by Gasteiger charge is 2.09. The Labute approximate surface area is 140 Å². The van der Waals surface area contributed by atoms with E-state index >= 15 is 0 Å². The molecule has 0 aliphatic rings. The van der Waals surface area contributed by atoms with Crippen LogP contribution in [0.5, 0.6) is 0 Å². The lowest BCUT2D eigenvalue weighted by Crippen LogP contribution is -2.14. The molecule has 0 aromatic heterocycles. The Kier molecular flexibility index (Phi) is 15.0. The number of carboxylic acid groups (broad SMARTS) is 2. The quantitative estimate of drug-likeness (QED) is 0.454. The van der Waals surface area contributed by atoms with Crippen molar-refractivity contribution in [3.63, 3.8) is 0 Å². The summed E-state index contributed by atoms with van der Waals surface area (Å²) < 4.78 is 9.31. The van der Waals surface area contributed by atoms with Gasteiger partial charge in [-0.25, -0.2) is 0 Å². The highest BCUT2D eigenvalue weighted by Crippen LogP contribution is 2.03. The van der Waals surface area contributed by atoms with Gasteiger partial charge in [-0.3, -0.25) is 19.2 Å². The molecule has 0 bridgehead atoms. The molecule has 24 heavy (non-hydrogen) atoms. The Morgan fingerprint density at radius 2 is 1.58 bits per heavy atom. The summed E-state index contributed by atoms with van der Waals surface area (Å²) in [6.07, 6.45) is 5.07. The lowest BCUT2D eigenvalue weighted by molar-refractivity contribution is -0.146. The third-order valence-electron chi connectivity index (χ3n) is 2.30. The van der Waals surface area contributed by atoms with Gasteiger partial charge in [0.25, 0.3) is 0 Å². The van der Waals surface area contributed by atoms with Crippen molar-refractivity contribution in [2.45, 2.75) is 45.6 Å². The van der Waals surface area contributed by atoms with E-state index in [1.807, 2.05) is 0 Å². The fourth-order valence-corrected chi connectivity index (χ4v) is 1.26. The van der Waals surface area contributed by atoms with Gasteiger partial charge in [0.2, 0.25) is 0 Å². The SMILES string of the molecule is C=CC(CCC(=O)O)OC(C)=O.CC(=O)OC/C=C/CCC(=O)O. The monoisotopic (exact) mass is 344 g/mol. The molecule has 0 saturated carbocycles. The summed E-state index contributed by atoms with van der Waals surface area (Å²) in [5, 5.41) is 16.6. The zero-order valence-electron chi connectivity index (χ0n) is 13.9. The van der Waals surface area contributed by atoms with E-state index in [2.05, 4.69) is 11.3 Å². The minimum Gasteiger partial charge on any atom is -0.481 e. The molecule has 0 aliphatic carbocycles. The average molecular weight is 344 g/mol. The predicted molar refractivity (Wildman–Crippen MR) is 85.3 cm³/mol. The number of esters is 2. The molecule has 1 unspecified atom stereocenters. The zero-order valence-corrected chi connectivity index (χ0v) is 13.9. The largest absolute Gasteiger partial charge is 0.481 e. The maximum atomic E-state index is 10.4. The zero-order chi connectivity index (χ0) is 19.0. The Morgan fingerprint density at radius 1 is 1.00 bits per heavy atom. The fraction of sp³-hybridized carbons (Fsp3) is 0.500. The molecule has 0 heterocycles. The summed E-state index contributed by atoms with van der Waals surface area (Å²) in [5.74, 6) is -2.50. The molecule has 0 saturated heterocycles. The highest BCUT2D eigenvalue weighted by atomic mass is 16.5. The number of hydrogen-bond donors (Lipinski definition) is 2. The molecule has 0 aromatic rings. The maximum Gasteiger partial charge on any atom is 0.303 e. The van der Waals surface area contributed by atoms with E-state index in [0.717, 1.165) is 0 Å². The van der Waals surface area contributed by atoms with E-state index in [9.17, 15) is 19.2 Å². The van der Waals surface area contributed by atoms with Crippen LogP contribution >= 0.6 is 0 Å². The molecule has 0 spiro atoms. The van der Waals surface area contributed by atoms with E-state index in [-0.39, 0.29) is 31.8 Å². The summed E-state index contributed by atoms with van der Waals surface area (Å²) in [7, 11) is 0. The van der Waals surface area contributed by atoms with Crippen molar-refractivity contribution >= 4 is 23.9 Å². The first-order valence-corrected chi connectivity index (χ1v) is 7.20. The number of ether oxygens (including phenoxy) is 2. The van der Waals surface area contributed by atoms with E-state index < -0.39 is 24.0 Å². The van der Waals surface area contributed by atoms with Crippen LogP contribution < -0.4 is 0 Å². The van der Waals surface area contributed by atoms with Crippen LogP contribution in [0, 0.1) is 0 Å². The van der Waals surface area contributed by atoms with Crippen LogP contribution in [0.3, 0.4) is 0 Å². The Hall–Kier alpha value is -2.64. The predicted octanol–water partition coefficient (Wildman–Crippen LogP) is 1.94. The van der Waals surface area contributed by atoms with Crippen molar-refractivity contribution < 1.29 is 38.9 Å². The summed E-state index contributed by atoms with van der Waals surface area (Å²) in [6.45, 7) is 6.24. The summed E-state index contributed by atoms with van der Waals surface area (Å²) in [6, 6.07) is 0. The Balaban J connectivity index is 0. The first kappa shape index (κ1) is 23.6. The third kappa shape index (κ3) is 21.7. The lowest BCUT2D eigenvalue weighted by Gasteiger charge is -2.10. The first-order chi connectivity index (χ1) is 11.2. The van der Waals surface area contributed by atoms with Crippen LogP contribution in [0.25, 0.3) is 0 Å². The van der Waals surface area contributed by atoms with Crippen LogP contribution in [0.1, 0.15) is 39.5 Å². The number of aliphatic carboxylic acids is 2. The number of carbonyl (C=O) groups is 4. The average Bonchev–Trinajstić information content (AvgIpc) is 2.46. The van der Waals surface area contributed by atoms with Crippen molar-refractivity contribution in [2.24, 2.45) is 0 Å². The third-order valence-corrected chi connectivity index (χ3v) is 2.30. The van der Waals surface area contributed by atoms with Crippen molar-refractivity contribution in [2.75, 3.05) is 6.61 Å². The van der Waals surface area contributed by atoms with Gasteiger partial charge in [0.15, 0.2) is 0 Å². The maximum absolute atomic E-state index is 10.4. The molecule has 0 aliphatic heterocycles. The smallest absolute Gasteiger partial charge is 0.303 e. The number of carboxylic acids is 2. The van der Waals surface area contributed by atoms with E-state index in [1.54, 1.807) is 12.2 Å². The first-order valence-electron chi connectivity index (χ1n) is 7.20. The number of rotatable bonds is 10. The van der Waals surface area contributed by atoms with Crippen molar-refractivity contribution in [1.29, 1.82) is 0 Å². The second-order valence-corrected chi connectivity index (χ2v) is 4.52.